The summed E-state index contributed by atoms with van der Waals surface area (Å²) in [5.74, 6) is 3.17. The summed E-state index contributed by atoms with van der Waals surface area (Å²) in [4.78, 5) is 0. The van der Waals surface area contributed by atoms with Gasteiger partial charge in [0.2, 0.25) is 0 Å². The lowest BCUT2D eigenvalue weighted by Gasteiger charge is -2.11. The Bertz CT molecular complexity index is 336. The molecule has 0 aromatic heterocycles. The Labute approximate surface area is 83.7 Å². The van der Waals surface area contributed by atoms with Crippen molar-refractivity contribution in [2.75, 3.05) is 0 Å². The van der Waals surface area contributed by atoms with Gasteiger partial charge in [-0.3, -0.25) is 0 Å². The molecule has 2 heteroatoms. The van der Waals surface area contributed by atoms with E-state index in [1.54, 1.807) is 18.2 Å². The average molecular weight is 195 g/mol. The summed E-state index contributed by atoms with van der Waals surface area (Å²) < 4.78 is 5.46. The summed E-state index contributed by atoms with van der Waals surface area (Å²) in [6.07, 6.45) is 5.35. The van der Waals surface area contributed by atoms with Crippen LogP contribution in [0.2, 0.25) is 5.02 Å². The smallest absolute Gasteiger partial charge is 0.139 e. The Hall–Kier alpha value is -1.13. The van der Waals surface area contributed by atoms with Crippen molar-refractivity contribution in [1.29, 1.82) is 0 Å². The molecular formula is C11H11ClO. The molecule has 0 aliphatic carbocycles. The molecule has 1 rings (SSSR count). The van der Waals surface area contributed by atoms with E-state index in [0.29, 0.717) is 10.8 Å². The van der Waals surface area contributed by atoms with E-state index in [1.165, 1.54) is 0 Å². The highest BCUT2D eigenvalue weighted by atomic mass is 35.5. The van der Waals surface area contributed by atoms with Gasteiger partial charge >= 0.3 is 0 Å². The number of hydrogen-bond acceptors (Lipinski definition) is 1. The predicted octanol–water partition coefficient (Wildman–Crippen LogP) is 3.11. The van der Waals surface area contributed by atoms with E-state index in [2.05, 4.69) is 5.92 Å². The third-order valence-corrected chi connectivity index (χ3v) is 1.77. The van der Waals surface area contributed by atoms with Gasteiger partial charge < -0.3 is 4.74 Å². The van der Waals surface area contributed by atoms with Crippen LogP contribution in [0.4, 0.5) is 0 Å². The van der Waals surface area contributed by atoms with Gasteiger partial charge in [0.1, 0.15) is 5.75 Å². The van der Waals surface area contributed by atoms with Crippen molar-refractivity contribution in [2.24, 2.45) is 0 Å². The third-order valence-electron chi connectivity index (χ3n) is 1.46. The lowest BCUT2D eigenvalue weighted by molar-refractivity contribution is 0.242. The number of ether oxygens (including phenoxy) is 1. The molecule has 0 aliphatic rings. The first-order chi connectivity index (χ1) is 6.13. The van der Waals surface area contributed by atoms with Gasteiger partial charge in [0.05, 0.1) is 11.1 Å². The minimum absolute atomic E-state index is 0.102. The highest BCUT2D eigenvalue weighted by Gasteiger charge is 2.03. The fourth-order valence-electron chi connectivity index (χ4n) is 0.937. The highest BCUT2D eigenvalue weighted by molar-refractivity contribution is 6.32. The Morgan fingerprint density at radius 3 is 2.69 bits per heavy atom. The van der Waals surface area contributed by atoms with E-state index in [1.807, 2.05) is 13.8 Å². The molecule has 0 atom stereocenters. The molecule has 13 heavy (non-hydrogen) atoms. The quantitative estimate of drug-likeness (QED) is 0.658. The molecule has 1 nitrogen and oxygen atoms in total. The van der Waals surface area contributed by atoms with Crippen molar-refractivity contribution < 1.29 is 4.74 Å². The first-order valence-electron chi connectivity index (χ1n) is 4.06. The molecule has 1 aromatic rings. The zero-order valence-electron chi connectivity index (χ0n) is 7.67. The fourth-order valence-corrected chi connectivity index (χ4v) is 1.10. The number of benzene rings is 1. The Morgan fingerprint density at radius 2 is 2.15 bits per heavy atom. The second kappa shape index (κ2) is 4.20. The van der Waals surface area contributed by atoms with Gasteiger partial charge in [0.25, 0.3) is 0 Å². The van der Waals surface area contributed by atoms with Crippen LogP contribution >= 0.6 is 11.6 Å². The Balaban J connectivity index is 2.99. The molecule has 0 bridgehead atoms. The molecule has 0 spiro atoms. The zero-order valence-corrected chi connectivity index (χ0v) is 8.43. The maximum Gasteiger partial charge on any atom is 0.139 e. The Morgan fingerprint density at radius 1 is 1.46 bits per heavy atom. The lowest BCUT2D eigenvalue weighted by Crippen LogP contribution is -2.05. The van der Waals surface area contributed by atoms with Crippen LogP contribution in [0.15, 0.2) is 18.2 Å². The number of terminal acetylenes is 1. The Kier molecular flexibility index (Phi) is 3.22. The summed E-state index contributed by atoms with van der Waals surface area (Å²) in [6, 6.07) is 5.30. The van der Waals surface area contributed by atoms with Gasteiger partial charge in [-0.15, -0.1) is 6.42 Å². The fraction of sp³-hybridized carbons (Fsp3) is 0.273. The molecule has 0 saturated carbocycles. The molecule has 0 N–H and O–H groups in total. The van der Waals surface area contributed by atoms with Crippen molar-refractivity contribution in [3.63, 3.8) is 0 Å². The molecule has 0 heterocycles. The summed E-state index contributed by atoms with van der Waals surface area (Å²) in [5.41, 5.74) is 0.778. The number of halogens is 1. The van der Waals surface area contributed by atoms with E-state index < -0.39 is 0 Å². The van der Waals surface area contributed by atoms with Crippen LogP contribution in [0.25, 0.3) is 0 Å². The van der Waals surface area contributed by atoms with E-state index >= 15 is 0 Å². The molecule has 0 fully saturated rings. The molecule has 0 unspecified atom stereocenters. The van der Waals surface area contributed by atoms with E-state index in [-0.39, 0.29) is 6.10 Å². The summed E-state index contributed by atoms with van der Waals surface area (Å²) in [6.45, 7) is 3.89. The SMILES string of the molecule is C#Cc1ccc(Cl)c(OC(C)C)c1. The largest absolute Gasteiger partial charge is 0.489 e. The first-order valence-corrected chi connectivity index (χ1v) is 4.44. The summed E-state index contributed by atoms with van der Waals surface area (Å²) >= 11 is 5.90. The van der Waals surface area contributed by atoms with Gasteiger partial charge in [0.15, 0.2) is 0 Å². The zero-order chi connectivity index (χ0) is 9.84. The topological polar surface area (TPSA) is 9.23 Å². The molecule has 68 valence electrons. The van der Waals surface area contributed by atoms with E-state index in [9.17, 15) is 0 Å². The lowest BCUT2D eigenvalue weighted by atomic mass is 10.2. The molecule has 0 saturated heterocycles. The summed E-state index contributed by atoms with van der Waals surface area (Å²) in [5, 5.41) is 0.590. The monoisotopic (exact) mass is 194 g/mol. The van der Waals surface area contributed by atoms with Crippen LogP contribution in [-0.4, -0.2) is 6.10 Å². The van der Waals surface area contributed by atoms with Crippen molar-refractivity contribution in [2.45, 2.75) is 20.0 Å². The minimum Gasteiger partial charge on any atom is -0.489 e. The van der Waals surface area contributed by atoms with Crippen LogP contribution < -0.4 is 4.74 Å². The van der Waals surface area contributed by atoms with Gasteiger partial charge in [-0.1, -0.05) is 17.5 Å². The van der Waals surface area contributed by atoms with Crippen LogP contribution in [0.3, 0.4) is 0 Å². The van der Waals surface area contributed by atoms with Gasteiger partial charge in [0, 0.05) is 5.56 Å². The van der Waals surface area contributed by atoms with Crippen molar-refractivity contribution >= 4 is 11.6 Å². The van der Waals surface area contributed by atoms with Gasteiger partial charge in [-0.2, -0.15) is 0 Å². The van der Waals surface area contributed by atoms with Crippen LogP contribution in [0.5, 0.6) is 5.75 Å². The van der Waals surface area contributed by atoms with Crippen LogP contribution in [0, 0.1) is 12.3 Å². The third kappa shape index (κ3) is 2.68. The van der Waals surface area contributed by atoms with Gasteiger partial charge in [-0.25, -0.2) is 0 Å². The summed E-state index contributed by atoms with van der Waals surface area (Å²) in [7, 11) is 0. The highest BCUT2D eigenvalue weighted by Crippen LogP contribution is 2.26. The second-order valence-corrected chi connectivity index (χ2v) is 3.36. The number of hydrogen-bond donors (Lipinski definition) is 0. The molecule has 0 amide bonds. The number of rotatable bonds is 2. The molecular weight excluding hydrogens is 184 g/mol. The van der Waals surface area contributed by atoms with Gasteiger partial charge in [-0.05, 0) is 32.0 Å². The van der Waals surface area contributed by atoms with Crippen LogP contribution in [0.1, 0.15) is 19.4 Å². The van der Waals surface area contributed by atoms with Crippen molar-refractivity contribution in [3.05, 3.63) is 28.8 Å². The molecule has 0 aliphatic heterocycles. The van der Waals surface area contributed by atoms with E-state index in [4.69, 9.17) is 22.8 Å². The predicted molar refractivity (Wildman–Crippen MR) is 55.2 cm³/mol. The average Bonchev–Trinajstić information content (AvgIpc) is 2.08. The second-order valence-electron chi connectivity index (χ2n) is 2.96. The normalized spacial score (nSPS) is 9.77. The van der Waals surface area contributed by atoms with Crippen LogP contribution in [-0.2, 0) is 0 Å². The minimum atomic E-state index is 0.102. The van der Waals surface area contributed by atoms with Crippen molar-refractivity contribution in [3.8, 4) is 18.1 Å². The van der Waals surface area contributed by atoms with E-state index in [0.717, 1.165) is 5.56 Å². The standard InChI is InChI=1S/C11H11ClO/c1-4-9-5-6-10(12)11(7-9)13-8(2)3/h1,5-8H,2-3H3. The molecule has 1 aromatic carbocycles. The first kappa shape index (κ1) is 9.95. The maximum atomic E-state index is 5.90. The molecule has 0 radical (unpaired) electrons. The maximum absolute atomic E-state index is 5.90. The van der Waals surface area contributed by atoms with Crippen molar-refractivity contribution in [1.82, 2.24) is 0 Å².